The number of rotatable bonds is 53. The van der Waals surface area contributed by atoms with Gasteiger partial charge in [-0.25, -0.2) is 0 Å². The third kappa shape index (κ3) is 55.5. The Morgan fingerprint density at radius 2 is 0.557 bits per heavy atom. The van der Waals surface area contributed by atoms with Crippen LogP contribution in [0.1, 0.15) is 284 Å². The summed E-state index contributed by atoms with van der Waals surface area (Å²) in [7, 11) is 0. The summed E-state index contributed by atoms with van der Waals surface area (Å²) in [5.74, 6) is -0.896. The van der Waals surface area contributed by atoms with Gasteiger partial charge in [-0.3, -0.25) is 14.4 Å². The number of ether oxygens (including phenoxy) is 3. The predicted molar refractivity (Wildman–Crippen MR) is 302 cm³/mol. The van der Waals surface area contributed by atoms with Gasteiger partial charge in [0.05, 0.1) is 0 Å². The molecule has 6 nitrogen and oxygen atoms in total. The Bertz CT molecular complexity index is 1350. The molecule has 0 aromatic rings. The molecule has 0 aliphatic heterocycles. The molecule has 0 fully saturated rings. The minimum atomic E-state index is -0.786. The second-order valence-corrected chi connectivity index (χ2v) is 19.5. The van der Waals surface area contributed by atoms with Gasteiger partial charge in [0.1, 0.15) is 13.2 Å². The summed E-state index contributed by atoms with van der Waals surface area (Å²) >= 11 is 0. The van der Waals surface area contributed by atoms with Crippen LogP contribution >= 0.6 is 0 Å². The minimum Gasteiger partial charge on any atom is -0.462 e. The topological polar surface area (TPSA) is 78.9 Å². The number of carbonyl (C=O) groups is 3. The molecule has 6 heteroatoms. The maximum absolute atomic E-state index is 12.9. The standard InChI is InChI=1S/C64H110O6/c1-4-7-10-13-16-19-22-25-27-29-31-32-34-35-37-39-42-45-48-51-54-57-63(66)69-60-61(59-68-62(65)56-53-50-47-44-41-24-21-18-15-12-9-6-3)70-64(67)58-55-52-49-46-43-40-38-36-33-30-28-26-23-20-17-14-11-8-5-2/h7,10,16-17,19-20,25-28,31-33,36,61H,4-6,8-9,11-15,18,21-24,29-30,34-35,37-60H2,1-3H3/b10-7-,19-16-,20-17-,27-25-,28-26-,32-31-,36-33-. The van der Waals surface area contributed by atoms with Crippen LogP contribution in [0.15, 0.2) is 85.1 Å². The van der Waals surface area contributed by atoms with Crippen molar-refractivity contribution in [1.29, 1.82) is 0 Å². The summed E-state index contributed by atoms with van der Waals surface area (Å²) in [6.07, 6.45) is 75.7. The number of hydrogen-bond acceptors (Lipinski definition) is 6. The van der Waals surface area contributed by atoms with Gasteiger partial charge in [0.2, 0.25) is 0 Å². The zero-order chi connectivity index (χ0) is 50.7. The van der Waals surface area contributed by atoms with Crippen LogP contribution in [-0.2, 0) is 28.6 Å². The van der Waals surface area contributed by atoms with Crippen molar-refractivity contribution in [2.45, 2.75) is 290 Å². The quantitative estimate of drug-likeness (QED) is 0.0261. The first-order chi connectivity index (χ1) is 34.5. The Labute approximate surface area is 433 Å². The molecule has 0 rings (SSSR count). The fourth-order valence-corrected chi connectivity index (χ4v) is 8.21. The zero-order valence-corrected chi connectivity index (χ0v) is 46.0. The van der Waals surface area contributed by atoms with Crippen molar-refractivity contribution in [3.63, 3.8) is 0 Å². The predicted octanol–water partition coefficient (Wildman–Crippen LogP) is 19.9. The highest BCUT2D eigenvalue weighted by Crippen LogP contribution is 2.15. The third-order valence-electron chi connectivity index (χ3n) is 12.6. The van der Waals surface area contributed by atoms with E-state index in [1.807, 2.05) is 0 Å². The summed E-state index contributed by atoms with van der Waals surface area (Å²) < 4.78 is 16.9. The van der Waals surface area contributed by atoms with Crippen LogP contribution < -0.4 is 0 Å². The number of carbonyl (C=O) groups excluding carboxylic acids is 3. The largest absolute Gasteiger partial charge is 0.462 e. The van der Waals surface area contributed by atoms with Gasteiger partial charge in [0, 0.05) is 19.3 Å². The molecular weight excluding hydrogens is 865 g/mol. The second kappa shape index (κ2) is 58.2. The lowest BCUT2D eigenvalue weighted by Gasteiger charge is -2.18. The molecule has 0 spiro atoms. The number of hydrogen-bond donors (Lipinski definition) is 0. The van der Waals surface area contributed by atoms with Gasteiger partial charge in [-0.15, -0.1) is 0 Å². The fourth-order valence-electron chi connectivity index (χ4n) is 8.21. The molecule has 0 aromatic heterocycles. The lowest BCUT2D eigenvalue weighted by molar-refractivity contribution is -0.167. The highest BCUT2D eigenvalue weighted by molar-refractivity contribution is 5.71. The van der Waals surface area contributed by atoms with E-state index in [4.69, 9.17) is 14.2 Å². The molecule has 1 unspecified atom stereocenters. The van der Waals surface area contributed by atoms with Crippen LogP contribution in [0.4, 0.5) is 0 Å². The molecule has 0 amide bonds. The van der Waals surface area contributed by atoms with E-state index in [0.717, 1.165) is 116 Å². The fraction of sp³-hybridized carbons (Fsp3) is 0.734. The Morgan fingerprint density at radius 1 is 0.300 bits per heavy atom. The molecule has 0 aliphatic carbocycles. The molecular formula is C64H110O6. The zero-order valence-electron chi connectivity index (χ0n) is 46.0. The molecule has 0 aromatic carbocycles. The smallest absolute Gasteiger partial charge is 0.306 e. The Balaban J connectivity index is 4.38. The second-order valence-electron chi connectivity index (χ2n) is 19.5. The van der Waals surface area contributed by atoms with E-state index in [2.05, 4.69) is 106 Å². The van der Waals surface area contributed by atoms with Crippen LogP contribution in [0.5, 0.6) is 0 Å². The van der Waals surface area contributed by atoms with Crippen molar-refractivity contribution in [2.75, 3.05) is 13.2 Å². The van der Waals surface area contributed by atoms with Crippen molar-refractivity contribution in [2.24, 2.45) is 0 Å². The number of esters is 3. The summed E-state index contributed by atoms with van der Waals surface area (Å²) in [6, 6.07) is 0. The molecule has 70 heavy (non-hydrogen) atoms. The normalized spacial score (nSPS) is 12.7. The first kappa shape index (κ1) is 66.6. The average Bonchev–Trinajstić information content (AvgIpc) is 3.36. The average molecular weight is 976 g/mol. The van der Waals surface area contributed by atoms with Gasteiger partial charge in [-0.2, -0.15) is 0 Å². The third-order valence-corrected chi connectivity index (χ3v) is 12.6. The Morgan fingerprint density at radius 3 is 0.900 bits per heavy atom. The van der Waals surface area contributed by atoms with Crippen molar-refractivity contribution < 1.29 is 28.6 Å². The lowest BCUT2D eigenvalue weighted by Crippen LogP contribution is -2.30. The van der Waals surface area contributed by atoms with E-state index in [-0.39, 0.29) is 31.1 Å². The van der Waals surface area contributed by atoms with Crippen molar-refractivity contribution >= 4 is 17.9 Å². The molecule has 0 bridgehead atoms. The minimum absolute atomic E-state index is 0.0825. The summed E-state index contributed by atoms with van der Waals surface area (Å²) in [5.41, 5.74) is 0. The molecule has 0 heterocycles. The van der Waals surface area contributed by atoms with Gasteiger partial charge in [0.15, 0.2) is 6.10 Å². The Hall–Kier alpha value is -3.41. The maximum atomic E-state index is 12.9. The van der Waals surface area contributed by atoms with Gasteiger partial charge in [-0.05, 0) is 96.3 Å². The van der Waals surface area contributed by atoms with Crippen LogP contribution in [0.25, 0.3) is 0 Å². The van der Waals surface area contributed by atoms with Gasteiger partial charge in [0.25, 0.3) is 0 Å². The first-order valence-electron chi connectivity index (χ1n) is 29.6. The van der Waals surface area contributed by atoms with E-state index in [9.17, 15) is 14.4 Å². The molecule has 0 radical (unpaired) electrons. The summed E-state index contributed by atoms with van der Waals surface area (Å²) in [5, 5.41) is 0. The van der Waals surface area contributed by atoms with Gasteiger partial charge >= 0.3 is 17.9 Å². The lowest BCUT2D eigenvalue weighted by atomic mass is 10.0. The van der Waals surface area contributed by atoms with Crippen LogP contribution in [0.2, 0.25) is 0 Å². The monoisotopic (exact) mass is 975 g/mol. The number of unbranched alkanes of at least 4 members (excludes halogenated alkanes) is 28. The molecule has 0 aliphatic rings. The van der Waals surface area contributed by atoms with E-state index in [0.29, 0.717) is 19.3 Å². The van der Waals surface area contributed by atoms with E-state index < -0.39 is 6.10 Å². The Kier molecular flexibility index (Phi) is 55.3. The van der Waals surface area contributed by atoms with Gasteiger partial charge in [-0.1, -0.05) is 254 Å². The van der Waals surface area contributed by atoms with E-state index in [1.165, 1.54) is 128 Å². The van der Waals surface area contributed by atoms with Crippen LogP contribution in [0, 0.1) is 0 Å². The molecule has 1 atom stereocenters. The summed E-state index contributed by atoms with van der Waals surface area (Å²) in [6.45, 7) is 6.50. The van der Waals surface area contributed by atoms with Crippen molar-refractivity contribution in [1.82, 2.24) is 0 Å². The van der Waals surface area contributed by atoms with E-state index >= 15 is 0 Å². The maximum Gasteiger partial charge on any atom is 0.306 e. The van der Waals surface area contributed by atoms with Crippen molar-refractivity contribution in [3.8, 4) is 0 Å². The molecule has 0 N–H and O–H groups in total. The molecule has 0 saturated carbocycles. The van der Waals surface area contributed by atoms with E-state index in [1.54, 1.807) is 0 Å². The van der Waals surface area contributed by atoms with Gasteiger partial charge < -0.3 is 14.2 Å². The first-order valence-corrected chi connectivity index (χ1v) is 29.6. The van der Waals surface area contributed by atoms with Crippen molar-refractivity contribution in [3.05, 3.63) is 85.1 Å². The SMILES string of the molecule is CC/C=C\C/C=C\C/C=C\C/C=C\CCCCCCCCCCC(=O)OCC(COC(=O)CCCCCCCCCCCCCC)OC(=O)CCCCCCCC/C=C\C/C=C\C/C=C\CCCCC. The van der Waals surface area contributed by atoms with Crippen LogP contribution in [0.3, 0.4) is 0 Å². The summed E-state index contributed by atoms with van der Waals surface area (Å²) in [4.78, 5) is 38.2. The van der Waals surface area contributed by atoms with Crippen LogP contribution in [-0.4, -0.2) is 37.2 Å². The molecule has 0 saturated heterocycles. The molecule has 402 valence electrons. The highest BCUT2D eigenvalue weighted by atomic mass is 16.6. The highest BCUT2D eigenvalue weighted by Gasteiger charge is 2.19. The number of allylic oxidation sites excluding steroid dienone is 14.